The molecule has 0 bridgehead atoms. The Morgan fingerprint density at radius 2 is 1.74 bits per heavy atom. The number of carbonyl (C=O) groups excluding carboxylic acids is 1. The molecule has 6 rings (SSSR count). The van der Waals surface area contributed by atoms with E-state index in [2.05, 4.69) is 11.1 Å². The number of halogens is 1. The second kappa shape index (κ2) is 9.50. The molecule has 35 heavy (non-hydrogen) atoms. The van der Waals surface area contributed by atoms with Crippen LogP contribution in [0, 0.1) is 11.8 Å². The minimum Gasteiger partial charge on any atom is -0.459 e. The summed E-state index contributed by atoms with van der Waals surface area (Å²) >= 11 is 6.41. The van der Waals surface area contributed by atoms with Gasteiger partial charge in [-0.2, -0.15) is 5.10 Å². The number of nitrogens with two attached hydrogens (primary N) is 1. The van der Waals surface area contributed by atoms with Crippen molar-refractivity contribution < 1.29 is 9.53 Å². The van der Waals surface area contributed by atoms with Crippen LogP contribution in [-0.4, -0.2) is 23.8 Å². The van der Waals surface area contributed by atoms with Gasteiger partial charge in [-0.1, -0.05) is 36.9 Å². The first-order valence-electron chi connectivity index (χ1n) is 13.4. The van der Waals surface area contributed by atoms with Crippen LogP contribution in [0.15, 0.2) is 41.5 Å². The molecule has 2 aromatic rings. The van der Waals surface area contributed by atoms with Gasteiger partial charge in [0.05, 0.1) is 33.7 Å². The van der Waals surface area contributed by atoms with Gasteiger partial charge in [-0.15, -0.1) is 0 Å². The van der Waals surface area contributed by atoms with Crippen molar-refractivity contribution in [3.63, 3.8) is 0 Å². The van der Waals surface area contributed by atoms with Crippen molar-refractivity contribution in [1.29, 1.82) is 0 Å². The Bertz CT molecular complexity index is 1150. The van der Waals surface area contributed by atoms with Gasteiger partial charge in [0.25, 0.3) is 0 Å². The highest BCUT2D eigenvalue weighted by atomic mass is 35.5. The Labute approximate surface area is 212 Å². The predicted molar refractivity (Wildman–Crippen MR) is 141 cm³/mol. The molecule has 5 nitrogen and oxygen atoms in total. The van der Waals surface area contributed by atoms with Gasteiger partial charge in [-0.25, -0.2) is 4.79 Å². The number of fused-ring (bicyclic) bond motifs is 3. The molecule has 184 valence electrons. The maximum atomic E-state index is 12.9. The fourth-order valence-electron chi connectivity index (χ4n) is 6.76. The maximum absolute atomic E-state index is 12.9. The molecule has 0 aromatic heterocycles. The van der Waals surface area contributed by atoms with Gasteiger partial charge >= 0.3 is 5.97 Å². The number of hydrogen-bond donors (Lipinski definition) is 1. The quantitative estimate of drug-likeness (QED) is 0.379. The first-order chi connectivity index (χ1) is 17.1. The first-order valence-corrected chi connectivity index (χ1v) is 13.7. The number of benzene rings is 2. The van der Waals surface area contributed by atoms with Gasteiger partial charge < -0.3 is 10.5 Å². The monoisotopic (exact) mass is 491 g/mol. The smallest absolute Gasteiger partial charge is 0.338 e. The zero-order valence-electron chi connectivity index (χ0n) is 20.2. The first kappa shape index (κ1) is 22.9. The number of ether oxygens (including phenoxy) is 1. The van der Waals surface area contributed by atoms with Crippen molar-refractivity contribution in [1.82, 2.24) is 0 Å². The Morgan fingerprint density at radius 1 is 0.971 bits per heavy atom. The molecule has 2 atom stereocenters. The highest BCUT2D eigenvalue weighted by molar-refractivity contribution is 6.33. The fraction of sp³-hybridized carbons (Fsp3) is 0.517. The Hall–Kier alpha value is -2.53. The summed E-state index contributed by atoms with van der Waals surface area (Å²) in [5.41, 5.74) is 11.8. The molecule has 2 N–H and O–H groups in total. The molecule has 2 aromatic carbocycles. The largest absolute Gasteiger partial charge is 0.459 e. The topological polar surface area (TPSA) is 67.9 Å². The molecular weight excluding hydrogens is 458 g/mol. The van der Waals surface area contributed by atoms with E-state index in [1.165, 1.54) is 43.2 Å². The molecule has 1 aliphatic heterocycles. The van der Waals surface area contributed by atoms with E-state index in [9.17, 15) is 4.79 Å². The molecule has 3 aliphatic carbocycles. The number of hydrazone groups is 1. The second-order valence-corrected chi connectivity index (χ2v) is 11.2. The highest BCUT2D eigenvalue weighted by Gasteiger charge is 2.45. The van der Waals surface area contributed by atoms with E-state index in [1.807, 2.05) is 30.3 Å². The molecular formula is C29H34ClN3O2. The van der Waals surface area contributed by atoms with E-state index in [1.54, 1.807) is 0 Å². The number of nitrogen functional groups attached to an aromatic ring is 1. The minimum atomic E-state index is -0.183. The zero-order valence-corrected chi connectivity index (χ0v) is 21.0. The molecule has 0 amide bonds. The maximum Gasteiger partial charge on any atom is 0.338 e. The Balaban J connectivity index is 1.30. The lowest BCUT2D eigenvalue weighted by molar-refractivity contribution is 0.0211. The number of esters is 1. The Morgan fingerprint density at radius 3 is 2.51 bits per heavy atom. The van der Waals surface area contributed by atoms with Crippen LogP contribution in [0.2, 0.25) is 5.02 Å². The van der Waals surface area contributed by atoms with Gasteiger partial charge in [0.1, 0.15) is 6.10 Å². The lowest BCUT2D eigenvalue weighted by atomic mass is 9.75. The molecule has 0 radical (unpaired) electrons. The van der Waals surface area contributed by atoms with Crippen molar-refractivity contribution in [2.45, 2.75) is 82.8 Å². The summed E-state index contributed by atoms with van der Waals surface area (Å²) in [5.74, 6) is 0.836. The summed E-state index contributed by atoms with van der Waals surface area (Å²) in [4.78, 5) is 12.9. The highest BCUT2D eigenvalue weighted by Crippen LogP contribution is 2.45. The van der Waals surface area contributed by atoms with Crippen molar-refractivity contribution in [3.05, 3.63) is 58.1 Å². The van der Waals surface area contributed by atoms with Gasteiger partial charge in [-0.3, -0.25) is 5.01 Å². The van der Waals surface area contributed by atoms with Crippen LogP contribution in [0.5, 0.6) is 0 Å². The van der Waals surface area contributed by atoms with Gasteiger partial charge in [0, 0.05) is 11.5 Å². The minimum absolute atomic E-state index is 0.0725. The summed E-state index contributed by atoms with van der Waals surface area (Å²) in [6.45, 7) is 0. The number of rotatable bonds is 4. The Kier molecular flexibility index (Phi) is 6.21. The van der Waals surface area contributed by atoms with Gasteiger partial charge in [-0.05, 0) is 93.2 Å². The van der Waals surface area contributed by atoms with E-state index < -0.39 is 0 Å². The van der Waals surface area contributed by atoms with Crippen LogP contribution in [0.1, 0.15) is 85.7 Å². The van der Waals surface area contributed by atoms with Crippen LogP contribution in [0.4, 0.5) is 11.4 Å². The molecule has 6 heteroatoms. The summed E-state index contributed by atoms with van der Waals surface area (Å²) < 4.78 is 5.84. The molecule has 4 aliphatic rings. The van der Waals surface area contributed by atoms with E-state index in [0.717, 1.165) is 49.9 Å². The number of anilines is 2. The lowest BCUT2D eigenvalue weighted by Gasteiger charge is -2.34. The summed E-state index contributed by atoms with van der Waals surface area (Å²) in [7, 11) is 0. The van der Waals surface area contributed by atoms with Crippen molar-refractivity contribution >= 4 is 34.7 Å². The molecule has 0 saturated heterocycles. The van der Waals surface area contributed by atoms with E-state index in [-0.39, 0.29) is 12.1 Å². The third-order valence-corrected chi connectivity index (χ3v) is 8.89. The average molecular weight is 492 g/mol. The molecule has 0 spiro atoms. The standard InChI is InChI=1S/C29H34ClN3O2/c30-25-17-21(12-15-26(25)31)33-28(18-6-4-5-7-18)24-14-10-19-16-20(11-13-23(19)27(24)32-33)29(34)35-22-8-2-1-3-9-22/h11-13,15-18,22,24,28H,1-10,14,31H2. The zero-order chi connectivity index (χ0) is 23.9. The summed E-state index contributed by atoms with van der Waals surface area (Å²) in [6.07, 6.45) is 12.7. The van der Waals surface area contributed by atoms with Crippen LogP contribution in [0.25, 0.3) is 0 Å². The molecule has 2 saturated carbocycles. The SMILES string of the molecule is Nc1ccc(N2N=C3c4ccc(C(=O)OC5CCCCC5)cc4CCC3C2C2CCCC2)cc1Cl. The lowest BCUT2D eigenvalue weighted by Crippen LogP contribution is -2.40. The van der Waals surface area contributed by atoms with Crippen LogP contribution in [-0.2, 0) is 11.2 Å². The number of aryl methyl sites for hydroxylation is 1. The number of carbonyl (C=O) groups is 1. The van der Waals surface area contributed by atoms with Crippen LogP contribution >= 0.6 is 11.6 Å². The van der Waals surface area contributed by atoms with Crippen LogP contribution < -0.4 is 10.7 Å². The number of hydrogen-bond acceptors (Lipinski definition) is 5. The third-order valence-electron chi connectivity index (χ3n) is 8.56. The van der Waals surface area contributed by atoms with Gasteiger partial charge in [0.2, 0.25) is 0 Å². The van der Waals surface area contributed by atoms with E-state index >= 15 is 0 Å². The summed E-state index contributed by atoms with van der Waals surface area (Å²) in [5, 5.41) is 8.02. The molecule has 2 unspecified atom stereocenters. The van der Waals surface area contributed by atoms with Crippen molar-refractivity contribution in [2.75, 3.05) is 10.7 Å². The predicted octanol–water partition coefficient (Wildman–Crippen LogP) is 6.76. The fourth-order valence-corrected chi connectivity index (χ4v) is 6.93. The van der Waals surface area contributed by atoms with E-state index in [4.69, 9.17) is 27.2 Å². The second-order valence-electron chi connectivity index (χ2n) is 10.8. The third kappa shape index (κ3) is 4.33. The number of nitrogens with zero attached hydrogens (tertiary/aromatic N) is 2. The van der Waals surface area contributed by atoms with E-state index in [0.29, 0.717) is 34.2 Å². The van der Waals surface area contributed by atoms with Gasteiger partial charge in [0.15, 0.2) is 0 Å². The summed E-state index contributed by atoms with van der Waals surface area (Å²) in [6, 6.07) is 12.3. The van der Waals surface area contributed by atoms with Crippen LogP contribution in [0.3, 0.4) is 0 Å². The van der Waals surface area contributed by atoms with Crippen molar-refractivity contribution in [2.24, 2.45) is 16.9 Å². The normalized spacial score (nSPS) is 24.7. The average Bonchev–Trinajstić information content (AvgIpc) is 3.54. The molecule has 1 heterocycles. The van der Waals surface area contributed by atoms with Crippen molar-refractivity contribution in [3.8, 4) is 0 Å². The molecule has 2 fully saturated rings.